The van der Waals surface area contributed by atoms with Crippen LogP contribution in [0, 0.1) is 10.1 Å². The maximum atomic E-state index is 10.9. The molecule has 1 aromatic carbocycles. The molecule has 1 rings (SSSR count). The molecule has 0 aromatic heterocycles. The van der Waals surface area contributed by atoms with Crippen LogP contribution >= 0.6 is 11.6 Å². The Balaban J connectivity index is 3.03. The molecule has 17 heavy (non-hydrogen) atoms. The van der Waals surface area contributed by atoms with Gasteiger partial charge in [-0.2, -0.15) is 0 Å². The molecule has 0 fully saturated rings. The average Bonchev–Trinajstić information content (AvgIpc) is 2.25. The van der Waals surface area contributed by atoms with E-state index in [0.29, 0.717) is 23.6 Å². The van der Waals surface area contributed by atoms with Crippen LogP contribution in [0.4, 0.5) is 5.69 Å². The molecular formula is C11H16ClN3O2. The molecule has 0 saturated heterocycles. The lowest BCUT2D eigenvalue weighted by molar-refractivity contribution is -0.385. The third kappa shape index (κ3) is 3.66. The zero-order valence-corrected chi connectivity index (χ0v) is 10.6. The number of hydrogen-bond acceptors (Lipinski definition) is 4. The summed E-state index contributed by atoms with van der Waals surface area (Å²) in [5, 5.41) is 11.4. The van der Waals surface area contributed by atoms with E-state index in [2.05, 4.69) is 0 Å². The number of likely N-dealkylation sites (N-methyl/N-ethyl adjacent to an activating group) is 1. The Hall–Kier alpha value is -1.17. The van der Waals surface area contributed by atoms with Gasteiger partial charge in [0.05, 0.1) is 4.92 Å². The van der Waals surface area contributed by atoms with E-state index in [4.69, 9.17) is 17.3 Å². The van der Waals surface area contributed by atoms with Gasteiger partial charge < -0.3 is 10.6 Å². The van der Waals surface area contributed by atoms with Crippen LogP contribution in [0.2, 0.25) is 5.02 Å². The van der Waals surface area contributed by atoms with Crippen LogP contribution in [0.5, 0.6) is 0 Å². The molecule has 1 atom stereocenters. The summed E-state index contributed by atoms with van der Waals surface area (Å²) in [5.74, 6) is 0. The van der Waals surface area contributed by atoms with Crippen LogP contribution in [-0.2, 0) is 6.42 Å². The third-order valence-electron chi connectivity index (χ3n) is 2.70. The number of nitro benzene ring substituents is 1. The van der Waals surface area contributed by atoms with E-state index in [9.17, 15) is 10.1 Å². The highest BCUT2D eigenvalue weighted by Crippen LogP contribution is 2.24. The molecule has 0 aliphatic carbocycles. The number of hydrogen-bond donors (Lipinski definition) is 1. The van der Waals surface area contributed by atoms with Crippen LogP contribution in [0.1, 0.15) is 5.56 Å². The fraction of sp³-hybridized carbons (Fsp3) is 0.455. The van der Waals surface area contributed by atoms with Crippen LogP contribution in [0.15, 0.2) is 18.2 Å². The molecule has 1 aromatic rings. The Morgan fingerprint density at radius 1 is 1.53 bits per heavy atom. The SMILES string of the molecule is CN(C)C(CN)Cc1cc(Cl)ccc1[N+](=O)[O-]. The van der Waals surface area contributed by atoms with Crippen molar-refractivity contribution in [1.82, 2.24) is 4.90 Å². The summed E-state index contributed by atoms with van der Waals surface area (Å²) < 4.78 is 0. The van der Waals surface area contributed by atoms with Crippen molar-refractivity contribution in [3.8, 4) is 0 Å². The Morgan fingerprint density at radius 2 is 2.18 bits per heavy atom. The van der Waals surface area contributed by atoms with Gasteiger partial charge in [-0.15, -0.1) is 0 Å². The first-order valence-electron chi connectivity index (χ1n) is 5.25. The number of nitro groups is 1. The molecule has 6 heteroatoms. The molecule has 0 bridgehead atoms. The summed E-state index contributed by atoms with van der Waals surface area (Å²) in [6.07, 6.45) is 0.514. The molecule has 0 saturated carbocycles. The Bertz CT molecular complexity index is 410. The maximum Gasteiger partial charge on any atom is 0.272 e. The van der Waals surface area contributed by atoms with Crippen molar-refractivity contribution in [2.24, 2.45) is 5.73 Å². The van der Waals surface area contributed by atoms with E-state index in [1.54, 1.807) is 6.07 Å². The van der Waals surface area contributed by atoms with Crippen molar-refractivity contribution < 1.29 is 4.92 Å². The number of nitrogens with two attached hydrogens (primary N) is 1. The second-order valence-corrected chi connectivity index (χ2v) is 4.52. The Kier molecular flexibility index (Phi) is 4.86. The van der Waals surface area contributed by atoms with Gasteiger partial charge in [-0.05, 0) is 32.6 Å². The van der Waals surface area contributed by atoms with E-state index in [0.717, 1.165) is 0 Å². The molecule has 0 radical (unpaired) electrons. The van der Waals surface area contributed by atoms with Gasteiger partial charge in [-0.25, -0.2) is 0 Å². The van der Waals surface area contributed by atoms with E-state index < -0.39 is 4.92 Å². The standard InChI is InChI=1S/C11H16ClN3O2/c1-14(2)10(7-13)6-8-5-9(12)3-4-11(8)15(16)17/h3-5,10H,6-7,13H2,1-2H3. The van der Waals surface area contributed by atoms with E-state index in [-0.39, 0.29) is 11.7 Å². The van der Waals surface area contributed by atoms with Crippen LogP contribution in [-0.4, -0.2) is 36.5 Å². The average molecular weight is 258 g/mol. The minimum Gasteiger partial charge on any atom is -0.329 e. The lowest BCUT2D eigenvalue weighted by Crippen LogP contribution is -2.37. The van der Waals surface area contributed by atoms with Crippen molar-refractivity contribution >= 4 is 17.3 Å². The summed E-state index contributed by atoms with van der Waals surface area (Å²) in [5.41, 5.74) is 6.35. The van der Waals surface area contributed by atoms with Gasteiger partial charge in [0.25, 0.3) is 5.69 Å². The highest BCUT2D eigenvalue weighted by Gasteiger charge is 2.18. The molecule has 5 nitrogen and oxygen atoms in total. The number of nitrogens with zero attached hydrogens (tertiary/aromatic N) is 2. The fourth-order valence-corrected chi connectivity index (χ4v) is 1.82. The topological polar surface area (TPSA) is 72.4 Å². The monoisotopic (exact) mass is 257 g/mol. The van der Waals surface area contributed by atoms with Gasteiger partial charge >= 0.3 is 0 Å². The van der Waals surface area contributed by atoms with Crippen molar-refractivity contribution in [2.75, 3.05) is 20.6 Å². The van der Waals surface area contributed by atoms with Crippen molar-refractivity contribution in [2.45, 2.75) is 12.5 Å². The first kappa shape index (κ1) is 13.9. The molecule has 1 unspecified atom stereocenters. The first-order chi connectivity index (χ1) is 7.95. The normalized spacial score (nSPS) is 12.8. The van der Waals surface area contributed by atoms with Gasteiger partial charge in [0, 0.05) is 29.2 Å². The first-order valence-corrected chi connectivity index (χ1v) is 5.62. The zero-order valence-electron chi connectivity index (χ0n) is 9.89. The smallest absolute Gasteiger partial charge is 0.272 e. The quantitative estimate of drug-likeness (QED) is 0.643. The molecular weight excluding hydrogens is 242 g/mol. The van der Waals surface area contributed by atoms with Crippen LogP contribution in [0.3, 0.4) is 0 Å². The molecule has 0 amide bonds. The molecule has 2 N–H and O–H groups in total. The fourth-order valence-electron chi connectivity index (χ4n) is 1.63. The lowest BCUT2D eigenvalue weighted by atomic mass is 10.0. The number of benzene rings is 1. The summed E-state index contributed by atoms with van der Waals surface area (Å²) in [6.45, 7) is 0.441. The van der Waals surface area contributed by atoms with Gasteiger partial charge in [-0.3, -0.25) is 10.1 Å². The molecule has 0 aliphatic rings. The third-order valence-corrected chi connectivity index (χ3v) is 2.93. The van der Waals surface area contributed by atoms with Crippen molar-refractivity contribution in [1.29, 1.82) is 0 Å². The highest BCUT2D eigenvalue weighted by atomic mass is 35.5. The van der Waals surface area contributed by atoms with Crippen molar-refractivity contribution in [3.63, 3.8) is 0 Å². The molecule has 0 spiro atoms. The van der Waals surface area contributed by atoms with E-state index in [1.165, 1.54) is 12.1 Å². The van der Waals surface area contributed by atoms with Gasteiger partial charge in [0.2, 0.25) is 0 Å². The maximum absolute atomic E-state index is 10.9. The lowest BCUT2D eigenvalue weighted by Gasteiger charge is -2.22. The molecule has 0 aliphatic heterocycles. The molecule has 94 valence electrons. The van der Waals surface area contributed by atoms with Crippen LogP contribution < -0.4 is 5.73 Å². The summed E-state index contributed by atoms with van der Waals surface area (Å²) in [6, 6.07) is 4.65. The summed E-state index contributed by atoms with van der Waals surface area (Å²) in [7, 11) is 3.79. The number of halogens is 1. The number of rotatable bonds is 5. The largest absolute Gasteiger partial charge is 0.329 e. The summed E-state index contributed by atoms with van der Waals surface area (Å²) in [4.78, 5) is 12.4. The zero-order chi connectivity index (χ0) is 13.0. The molecule has 0 heterocycles. The van der Waals surface area contributed by atoms with E-state index in [1.807, 2.05) is 19.0 Å². The van der Waals surface area contributed by atoms with E-state index >= 15 is 0 Å². The Morgan fingerprint density at radius 3 is 2.65 bits per heavy atom. The van der Waals surface area contributed by atoms with Crippen molar-refractivity contribution in [3.05, 3.63) is 38.9 Å². The predicted molar refractivity (Wildman–Crippen MR) is 68.3 cm³/mol. The second-order valence-electron chi connectivity index (χ2n) is 4.09. The highest BCUT2D eigenvalue weighted by molar-refractivity contribution is 6.30. The minimum atomic E-state index is -0.394. The van der Waals surface area contributed by atoms with Crippen LogP contribution in [0.25, 0.3) is 0 Å². The van der Waals surface area contributed by atoms with Gasteiger partial charge in [-0.1, -0.05) is 11.6 Å². The summed E-state index contributed by atoms with van der Waals surface area (Å²) >= 11 is 5.86. The predicted octanol–water partition coefficient (Wildman–Crippen LogP) is 1.68. The Labute approximate surface area is 105 Å². The second kappa shape index (κ2) is 5.95. The van der Waals surface area contributed by atoms with Gasteiger partial charge in [0.1, 0.15) is 0 Å². The minimum absolute atomic E-state index is 0.0622. The van der Waals surface area contributed by atoms with Gasteiger partial charge in [0.15, 0.2) is 0 Å².